The SMILES string of the molecule is CC(C)c1ccc(OCC(=O)NCCC2CCCCN2S(=O)(=O)c2cccs2)cc1. The topological polar surface area (TPSA) is 75.7 Å². The van der Waals surface area contributed by atoms with E-state index in [0.717, 1.165) is 19.3 Å². The van der Waals surface area contributed by atoms with Crippen molar-refractivity contribution in [2.24, 2.45) is 0 Å². The summed E-state index contributed by atoms with van der Waals surface area (Å²) in [6.07, 6.45) is 3.29. The first-order chi connectivity index (χ1) is 14.4. The number of hydrogen-bond acceptors (Lipinski definition) is 5. The molecule has 1 amide bonds. The molecule has 1 aliphatic heterocycles. The summed E-state index contributed by atoms with van der Waals surface area (Å²) in [6.45, 7) is 5.16. The molecule has 2 aromatic rings. The number of sulfonamides is 1. The maximum Gasteiger partial charge on any atom is 0.257 e. The molecular weight excluding hydrogens is 420 g/mol. The van der Waals surface area contributed by atoms with Gasteiger partial charge in [-0.25, -0.2) is 8.42 Å². The van der Waals surface area contributed by atoms with Gasteiger partial charge in [-0.15, -0.1) is 11.3 Å². The standard InChI is InChI=1S/C22H30N2O4S2/c1-17(2)18-8-10-20(11-9-18)28-16-21(25)23-13-12-19-6-3-4-14-24(19)30(26,27)22-7-5-15-29-22/h5,7-11,15,17,19H,3-4,6,12-14,16H2,1-2H3,(H,23,25). The minimum Gasteiger partial charge on any atom is -0.484 e. The fraction of sp³-hybridized carbons (Fsp3) is 0.500. The number of nitrogens with one attached hydrogen (secondary N) is 1. The molecule has 2 heterocycles. The Labute approximate surface area is 183 Å². The number of rotatable bonds is 9. The van der Waals surface area contributed by atoms with Gasteiger partial charge in [-0.1, -0.05) is 38.5 Å². The Balaban J connectivity index is 1.46. The monoisotopic (exact) mass is 450 g/mol. The zero-order chi connectivity index (χ0) is 21.6. The number of hydrogen-bond donors (Lipinski definition) is 1. The van der Waals surface area contributed by atoms with Gasteiger partial charge in [0.1, 0.15) is 9.96 Å². The Bertz CT molecular complexity index is 909. The second-order valence-electron chi connectivity index (χ2n) is 7.85. The van der Waals surface area contributed by atoms with Crippen molar-refractivity contribution in [1.29, 1.82) is 0 Å². The van der Waals surface area contributed by atoms with Gasteiger partial charge >= 0.3 is 0 Å². The van der Waals surface area contributed by atoms with Crippen LogP contribution < -0.4 is 10.1 Å². The van der Waals surface area contributed by atoms with Crippen molar-refractivity contribution in [3.05, 3.63) is 47.3 Å². The van der Waals surface area contributed by atoms with Crippen LogP contribution >= 0.6 is 11.3 Å². The van der Waals surface area contributed by atoms with Crippen LogP contribution in [0.25, 0.3) is 0 Å². The Kier molecular flexibility index (Phi) is 7.91. The molecule has 1 aromatic heterocycles. The van der Waals surface area contributed by atoms with Gasteiger partial charge in [0.25, 0.3) is 15.9 Å². The average Bonchev–Trinajstić information content (AvgIpc) is 3.29. The zero-order valence-electron chi connectivity index (χ0n) is 17.5. The molecule has 1 unspecified atom stereocenters. The van der Waals surface area contributed by atoms with Gasteiger partial charge < -0.3 is 10.1 Å². The van der Waals surface area contributed by atoms with Crippen molar-refractivity contribution >= 4 is 27.3 Å². The lowest BCUT2D eigenvalue weighted by atomic mass is 10.0. The fourth-order valence-electron chi connectivity index (χ4n) is 3.63. The summed E-state index contributed by atoms with van der Waals surface area (Å²) in [7, 11) is -3.46. The second kappa shape index (κ2) is 10.4. The van der Waals surface area contributed by atoms with E-state index in [0.29, 0.717) is 35.4 Å². The van der Waals surface area contributed by atoms with Crippen molar-refractivity contribution in [1.82, 2.24) is 9.62 Å². The van der Waals surface area contributed by atoms with Gasteiger partial charge in [0.15, 0.2) is 6.61 Å². The van der Waals surface area contributed by atoms with E-state index >= 15 is 0 Å². The van der Waals surface area contributed by atoms with Gasteiger partial charge in [0.2, 0.25) is 0 Å². The van der Waals surface area contributed by atoms with E-state index in [1.807, 2.05) is 24.3 Å². The van der Waals surface area contributed by atoms with E-state index in [4.69, 9.17) is 4.74 Å². The molecule has 1 saturated heterocycles. The van der Waals surface area contributed by atoms with Crippen LogP contribution in [0, 0.1) is 0 Å². The largest absolute Gasteiger partial charge is 0.484 e. The number of ether oxygens (including phenoxy) is 1. The molecule has 8 heteroatoms. The van der Waals surface area contributed by atoms with Crippen molar-refractivity contribution in [3.63, 3.8) is 0 Å². The van der Waals surface area contributed by atoms with Crippen LogP contribution in [0.5, 0.6) is 5.75 Å². The van der Waals surface area contributed by atoms with Crippen LogP contribution in [0.2, 0.25) is 0 Å². The van der Waals surface area contributed by atoms with Crippen molar-refractivity contribution in [2.75, 3.05) is 19.7 Å². The highest BCUT2D eigenvalue weighted by Gasteiger charge is 2.33. The molecule has 0 spiro atoms. The molecule has 3 rings (SSSR count). The molecule has 1 aromatic carbocycles. The Morgan fingerprint density at radius 1 is 1.23 bits per heavy atom. The zero-order valence-corrected chi connectivity index (χ0v) is 19.2. The van der Waals surface area contributed by atoms with Crippen LogP contribution in [-0.2, 0) is 14.8 Å². The van der Waals surface area contributed by atoms with Gasteiger partial charge in [0.05, 0.1) is 0 Å². The van der Waals surface area contributed by atoms with Gasteiger partial charge in [0, 0.05) is 19.1 Å². The first kappa shape index (κ1) is 22.8. The smallest absolute Gasteiger partial charge is 0.257 e. The van der Waals surface area contributed by atoms with E-state index in [1.54, 1.807) is 21.8 Å². The minimum atomic E-state index is -3.46. The molecule has 1 fully saturated rings. The average molecular weight is 451 g/mol. The van der Waals surface area contributed by atoms with Crippen LogP contribution in [0.1, 0.15) is 51.0 Å². The van der Waals surface area contributed by atoms with Crippen LogP contribution in [-0.4, -0.2) is 44.4 Å². The van der Waals surface area contributed by atoms with Crippen LogP contribution in [0.4, 0.5) is 0 Å². The van der Waals surface area contributed by atoms with Gasteiger partial charge in [-0.2, -0.15) is 4.31 Å². The molecule has 6 nitrogen and oxygen atoms in total. The molecule has 30 heavy (non-hydrogen) atoms. The highest BCUT2D eigenvalue weighted by atomic mass is 32.2. The number of carbonyl (C=O) groups excluding carboxylic acids is 1. The quantitative estimate of drug-likeness (QED) is 0.627. The number of amides is 1. The summed E-state index contributed by atoms with van der Waals surface area (Å²) in [4.78, 5) is 12.1. The summed E-state index contributed by atoms with van der Waals surface area (Å²) in [5.41, 5.74) is 1.22. The predicted octanol–water partition coefficient (Wildman–Crippen LogP) is 4.00. The number of thiophene rings is 1. The molecule has 0 radical (unpaired) electrons. The third kappa shape index (κ3) is 5.83. The maximum atomic E-state index is 12.9. The first-order valence-corrected chi connectivity index (χ1v) is 12.7. The summed E-state index contributed by atoms with van der Waals surface area (Å²) in [5.74, 6) is 0.909. The third-order valence-corrected chi connectivity index (χ3v) is 8.67. The molecule has 0 aliphatic carbocycles. The normalized spacial score (nSPS) is 17.8. The minimum absolute atomic E-state index is 0.0527. The Morgan fingerprint density at radius 2 is 2.00 bits per heavy atom. The van der Waals surface area contributed by atoms with Crippen LogP contribution in [0.3, 0.4) is 0 Å². The first-order valence-electron chi connectivity index (χ1n) is 10.4. The number of benzene rings is 1. The molecule has 0 saturated carbocycles. The molecule has 1 aliphatic rings. The summed E-state index contributed by atoms with van der Waals surface area (Å²) >= 11 is 1.25. The number of nitrogens with zero attached hydrogens (tertiary/aromatic N) is 1. The highest BCUT2D eigenvalue weighted by molar-refractivity contribution is 7.91. The van der Waals surface area contributed by atoms with Crippen molar-refractivity contribution in [2.45, 2.75) is 55.7 Å². The molecule has 1 N–H and O–H groups in total. The summed E-state index contributed by atoms with van der Waals surface area (Å²) in [6, 6.07) is 11.1. The predicted molar refractivity (Wildman–Crippen MR) is 120 cm³/mol. The Hall–Kier alpha value is -1.90. The molecule has 0 bridgehead atoms. The fourth-order valence-corrected chi connectivity index (χ4v) is 6.47. The van der Waals surface area contributed by atoms with Crippen molar-refractivity contribution < 1.29 is 17.9 Å². The van der Waals surface area contributed by atoms with Crippen LogP contribution in [0.15, 0.2) is 46.0 Å². The number of piperidine rings is 1. The summed E-state index contributed by atoms with van der Waals surface area (Å²) < 4.78 is 33.4. The molecular formula is C22H30N2O4S2. The Morgan fingerprint density at radius 3 is 2.67 bits per heavy atom. The lowest BCUT2D eigenvalue weighted by Crippen LogP contribution is -2.45. The molecule has 164 valence electrons. The van der Waals surface area contributed by atoms with Gasteiger partial charge in [-0.05, 0) is 54.3 Å². The summed E-state index contributed by atoms with van der Waals surface area (Å²) in [5, 5.41) is 4.63. The van der Waals surface area contributed by atoms with E-state index in [2.05, 4.69) is 19.2 Å². The lowest BCUT2D eigenvalue weighted by Gasteiger charge is -2.34. The highest BCUT2D eigenvalue weighted by Crippen LogP contribution is 2.29. The number of carbonyl (C=O) groups is 1. The van der Waals surface area contributed by atoms with E-state index in [1.165, 1.54) is 16.9 Å². The van der Waals surface area contributed by atoms with Crippen molar-refractivity contribution in [3.8, 4) is 5.75 Å². The van der Waals surface area contributed by atoms with Gasteiger partial charge in [-0.3, -0.25) is 4.79 Å². The maximum absolute atomic E-state index is 12.9. The molecule has 1 atom stereocenters. The van der Waals surface area contributed by atoms with E-state index < -0.39 is 10.0 Å². The van der Waals surface area contributed by atoms with E-state index in [-0.39, 0.29) is 18.6 Å². The second-order valence-corrected chi connectivity index (χ2v) is 10.9. The third-order valence-electron chi connectivity index (χ3n) is 5.35. The lowest BCUT2D eigenvalue weighted by molar-refractivity contribution is -0.123. The van der Waals surface area contributed by atoms with E-state index in [9.17, 15) is 13.2 Å².